The molecule has 3 heterocycles. The minimum absolute atomic E-state index is 0.0491. The number of anilines is 1. The summed E-state index contributed by atoms with van der Waals surface area (Å²) >= 11 is 0. The van der Waals surface area contributed by atoms with E-state index in [0.29, 0.717) is 26.3 Å². The van der Waals surface area contributed by atoms with Crippen LogP contribution in [0, 0.1) is 0 Å². The quantitative estimate of drug-likeness (QED) is 0.161. The summed E-state index contributed by atoms with van der Waals surface area (Å²) in [4.78, 5) is 25.5. The van der Waals surface area contributed by atoms with Crippen molar-refractivity contribution in [3.8, 4) is 11.5 Å². The van der Waals surface area contributed by atoms with Gasteiger partial charge < -0.3 is 33.5 Å². The number of carbonyl (C=O) groups excluding carboxylic acids is 1. The predicted molar refractivity (Wildman–Crippen MR) is 182 cm³/mol. The van der Waals surface area contributed by atoms with Gasteiger partial charge in [-0.2, -0.15) is 0 Å². The van der Waals surface area contributed by atoms with E-state index in [-0.39, 0.29) is 22.6 Å². The highest BCUT2D eigenvalue weighted by Gasteiger charge is 2.42. The van der Waals surface area contributed by atoms with Crippen molar-refractivity contribution in [1.82, 2.24) is 19.4 Å². The SMILES string of the molecule is CCOCCn1c(N2CCCN(CCC3(c4ccccc4)CCN(C(=O)c4cc(OC(F)(F)F)ccc4OC)C3)CC2)nc2ccccc21. The molecular weight excluding hydrogens is 635 g/mol. The highest BCUT2D eigenvalue weighted by atomic mass is 19.4. The molecule has 4 aromatic rings. The Morgan fingerprint density at radius 1 is 0.939 bits per heavy atom. The van der Waals surface area contributed by atoms with Crippen LogP contribution in [0.5, 0.6) is 11.5 Å². The van der Waals surface area contributed by atoms with E-state index in [1.807, 2.05) is 37.3 Å². The van der Waals surface area contributed by atoms with E-state index in [2.05, 4.69) is 43.4 Å². The first-order valence-electron chi connectivity index (χ1n) is 17.0. The Labute approximate surface area is 285 Å². The second-order valence-electron chi connectivity index (χ2n) is 12.7. The highest BCUT2D eigenvalue weighted by molar-refractivity contribution is 5.97. The lowest BCUT2D eigenvalue weighted by molar-refractivity contribution is -0.274. The molecule has 6 rings (SSSR count). The lowest BCUT2D eigenvalue weighted by atomic mass is 9.76. The second-order valence-corrected chi connectivity index (χ2v) is 12.7. The van der Waals surface area contributed by atoms with Gasteiger partial charge in [-0.25, -0.2) is 4.98 Å². The molecule has 0 bridgehead atoms. The molecule has 2 saturated heterocycles. The molecule has 0 saturated carbocycles. The molecule has 0 N–H and O–H groups in total. The van der Waals surface area contributed by atoms with Crippen LogP contribution < -0.4 is 14.4 Å². The third-order valence-electron chi connectivity index (χ3n) is 9.74. The number of benzene rings is 3. The molecule has 49 heavy (non-hydrogen) atoms. The summed E-state index contributed by atoms with van der Waals surface area (Å²) in [6, 6.07) is 22.1. The third-order valence-corrected chi connectivity index (χ3v) is 9.74. The number of para-hydroxylation sites is 2. The topological polar surface area (TPSA) is 72.3 Å². The third kappa shape index (κ3) is 7.96. The van der Waals surface area contributed by atoms with Gasteiger partial charge in [-0.1, -0.05) is 42.5 Å². The lowest BCUT2D eigenvalue weighted by Gasteiger charge is -2.33. The second kappa shape index (κ2) is 15.1. The standard InChI is InChI=1S/C37H44F3N5O4/c1-3-48-25-24-45-32-13-8-7-12-31(32)41-35(45)43-19-9-18-42(22-23-43)20-16-36(28-10-5-4-6-11-28)17-21-44(27-36)34(46)30-26-29(49-37(38,39)40)14-15-33(30)47-2/h4-8,10-15,26H,3,9,16-25,27H2,1-2H3. The number of carbonyl (C=O) groups is 1. The van der Waals surface area contributed by atoms with Gasteiger partial charge in [0.15, 0.2) is 0 Å². The zero-order valence-electron chi connectivity index (χ0n) is 28.1. The Kier molecular flexibility index (Phi) is 10.6. The first-order chi connectivity index (χ1) is 23.7. The van der Waals surface area contributed by atoms with Crippen LogP contribution in [-0.2, 0) is 16.7 Å². The Morgan fingerprint density at radius 3 is 2.51 bits per heavy atom. The van der Waals surface area contributed by atoms with Crippen LogP contribution in [0.15, 0.2) is 72.8 Å². The minimum Gasteiger partial charge on any atom is -0.496 e. The average molecular weight is 680 g/mol. The van der Waals surface area contributed by atoms with Crippen LogP contribution in [0.4, 0.5) is 19.1 Å². The number of fused-ring (bicyclic) bond motifs is 1. The van der Waals surface area contributed by atoms with Gasteiger partial charge in [0.2, 0.25) is 5.95 Å². The minimum atomic E-state index is -4.87. The molecule has 0 spiro atoms. The fraction of sp³-hybridized carbons (Fsp3) is 0.459. The number of amides is 1. The van der Waals surface area contributed by atoms with Crippen molar-refractivity contribution in [3.05, 3.63) is 83.9 Å². The maximum Gasteiger partial charge on any atom is 0.573 e. The number of alkyl halides is 3. The molecule has 1 unspecified atom stereocenters. The maximum absolute atomic E-state index is 13.8. The van der Waals surface area contributed by atoms with Gasteiger partial charge in [0.05, 0.1) is 30.3 Å². The Balaban J connectivity index is 1.16. The van der Waals surface area contributed by atoms with Gasteiger partial charge in [0.25, 0.3) is 5.91 Å². The summed E-state index contributed by atoms with van der Waals surface area (Å²) in [7, 11) is 1.40. The van der Waals surface area contributed by atoms with Gasteiger partial charge in [0, 0.05) is 51.3 Å². The highest BCUT2D eigenvalue weighted by Crippen LogP contribution is 2.40. The van der Waals surface area contributed by atoms with Crippen molar-refractivity contribution in [3.63, 3.8) is 0 Å². The predicted octanol–water partition coefficient (Wildman–Crippen LogP) is 6.37. The van der Waals surface area contributed by atoms with Crippen LogP contribution in [-0.4, -0.2) is 97.8 Å². The Morgan fingerprint density at radius 2 is 1.73 bits per heavy atom. The number of halogens is 3. The number of aromatic nitrogens is 2. The summed E-state index contributed by atoms with van der Waals surface area (Å²) in [5, 5.41) is 0. The van der Waals surface area contributed by atoms with Gasteiger partial charge in [-0.15, -0.1) is 13.2 Å². The van der Waals surface area contributed by atoms with E-state index in [1.165, 1.54) is 13.2 Å². The molecule has 0 radical (unpaired) electrons. The zero-order chi connectivity index (χ0) is 34.4. The van der Waals surface area contributed by atoms with Crippen molar-refractivity contribution in [2.24, 2.45) is 0 Å². The van der Waals surface area contributed by atoms with E-state index < -0.39 is 12.1 Å². The number of ether oxygens (including phenoxy) is 3. The van der Waals surface area contributed by atoms with Crippen molar-refractivity contribution in [2.45, 2.75) is 44.5 Å². The van der Waals surface area contributed by atoms with E-state index in [1.54, 1.807) is 4.90 Å². The number of methoxy groups -OCH3 is 1. The molecule has 0 aliphatic carbocycles. The first kappa shape index (κ1) is 34.6. The van der Waals surface area contributed by atoms with E-state index in [4.69, 9.17) is 14.5 Å². The smallest absolute Gasteiger partial charge is 0.496 e. The molecule has 12 heteroatoms. The van der Waals surface area contributed by atoms with Crippen molar-refractivity contribution in [2.75, 3.05) is 71.0 Å². The fourth-order valence-electron chi connectivity index (χ4n) is 7.23. The normalized spacial score (nSPS) is 19.0. The van der Waals surface area contributed by atoms with Crippen molar-refractivity contribution >= 4 is 22.9 Å². The van der Waals surface area contributed by atoms with E-state index in [0.717, 1.165) is 93.2 Å². The number of rotatable bonds is 12. The van der Waals surface area contributed by atoms with Gasteiger partial charge >= 0.3 is 6.36 Å². The molecular formula is C37H44F3N5O4. The molecule has 262 valence electrons. The van der Waals surface area contributed by atoms with Crippen LogP contribution in [0.25, 0.3) is 11.0 Å². The maximum atomic E-state index is 13.8. The molecule has 1 atom stereocenters. The summed E-state index contributed by atoms with van der Waals surface area (Å²) in [6.45, 7) is 9.41. The number of likely N-dealkylation sites (tertiary alicyclic amines) is 1. The fourth-order valence-corrected chi connectivity index (χ4v) is 7.23. The van der Waals surface area contributed by atoms with Crippen molar-refractivity contribution < 1.29 is 32.2 Å². The van der Waals surface area contributed by atoms with Gasteiger partial charge in [-0.05, 0) is 75.2 Å². The summed E-state index contributed by atoms with van der Waals surface area (Å²) in [5.41, 5.74) is 3.00. The molecule has 3 aromatic carbocycles. The Bertz CT molecular complexity index is 1720. The molecule has 1 aromatic heterocycles. The van der Waals surface area contributed by atoms with Crippen molar-refractivity contribution in [1.29, 1.82) is 0 Å². The van der Waals surface area contributed by atoms with Gasteiger partial charge in [0.1, 0.15) is 11.5 Å². The lowest BCUT2D eigenvalue weighted by Crippen LogP contribution is -2.39. The summed E-state index contributed by atoms with van der Waals surface area (Å²) in [5.74, 6) is 0.357. The number of hydrogen-bond donors (Lipinski definition) is 0. The largest absolute Gasteiger partial charge is 0.573 e. The van der Waals surface area contributed by atoms with Crippen LogP contribution in [0.2, 0.25) is 0 Å². The van der Waals surface area contributed by atoms with Crippen LogP contribution in [0.1, 0.15) is 42.1 Å². The Hall–Kier alpha value is -4.29. The molecule has 2 aliphatic rings. The van der Waals surface area contributed by atoms with E-state index >= 15 is 0 Å². The first-order valence-corrected chi connectivity index (χ1v) is 17.0. The van der Waals surface area contributed by atoms with Crippen LogP contribution >= 0.6 is 0 Å². The van der Waals surface area contributed by atoms with E-state index in [9.17, 15) is 18.0 Å². The van der Waals surface area contributed by atoms with Gasteiger partial charge in [-0.3, -0.25) is 4.79 Å². The molecule has 1 amide bonds. The number of nitrogens with zero attached hydrogens (tertiary/aromatic N) is 5. The monoisotopic (exact) mass is 679 g/mol. The average Bonchev–Trinajstić information content (AvgIpc) is 3.62. The molecule has 9 nitrogen and oxygen atoms in total. The number of hydrogen-bond acceptors (Lipinski definition) is 7. The summed E-state index contributed by atoms with van der Waals surface area (Å²) < 4.78 is 56.4. The zero-order valence-corrected chi connectivity index (χ0v) is 28.1. The summed E-state index contributed by atoms with van der Waals surface area (Å²) in [6.07, 6.45) is -2.29. The molecule has 2 aliphatic heterocycles. The number of imidazole rings is 1. The molecule has 2 fully saturated rings. The van der Waals surface area contributed by atoms with Crippen LogP contribution in [0.3, 0.4) is 0 Å².